The molecule has 2 heterocycles. The Hall–Kier alpha value is -3.19. The number of ether oxygens (including phenoxy) is 2. The van der Waals surface area contributed by atoms with Crippen LogP contribution in [0.15, 0.2) is 54.7 Å². The second-order valence-electron chi connectivity index (χ2n) is 7.32. The molecule has 1 aliphatic heterocycles. The molecule has 0 aliphatic carbocycles. The minimum absolute atomic E-state index is 0.0654. The van der Waals surface area contributed by atoms with Crippen molar-refractivity contribution in [3.63, 3.8) is 0 Å². The van der Waals surface area contributed by atoms with Gasteiger partial charge in [-0.25, -0.2) is 4.79 Å². The summed E-state index contributed by atoms with van der Waals surface area (Å²) in [6, 6.07) is 16.0. The van der Waals surface area contributed by atoms with Crippen LogP contribution in [-0.2, 0) is 11.3 Å². The number of methoxy groups -OCH3 is 2. The molecule has 1 aromatic heterocycles. The van der Waals surface area contributed by atoms with Crippen molar-refractivity contribution < 1.29 is 14.3 Å². The number of fused-ring (bicyclic) bond motifs is 1. The normalized spacial score (nSPS) is 14.2. The second kappa shape index (κ2) is 9.09. The van der Waals surface area contributed by atoms with Crippen molar-refractivity contribution in [2.75, 3.05) is 57.2 Å². The Kier molecular flexibility index (Phi) is 6.09. The van der Waals surface area contributed by atoms with E-state index in [1.807, 2.05) is 47.5 Å². The van der Waals surface area contributed by atoms with E-state index in [9.17, 15) is 4.79 Å². The molecule has 1 N–H and O–H groups in total. The van der Waals surface area contributed by atoms with Crippen LogP contribution >= 0.6 is 0 Å². The van der Waals surface area contributed by atoms with Crippen LogP contribution in [0.4, 0.5) is 16.2 Å². The molecule has 2 aromatic carbocycles. The van der Waals surface area contributed by atoms with Crippen LogP contribution < -0.4 is 15.0 Å². The Labute approximate surface area is 176 Å². The number of hydrogen-bond acceptors (Lipinski definition) is 4. The second-order valence-corrected chi connectivity index (χ2v) is 7.32. The molecule has 0 unspecified atom stereocenters. The first-order valence-corrected chi connectivity index (χ1v) is 10.2. The van der Waals surface area contributed by atoms with Crippen molar-refractivity contribution in [3.8, 4) is 5.75 Å². The standard InChI is InChI=1S/C23H28N4O3/c1-29-16-15-27-17-19(18-7-3-4-8-20(18)27)24-23(28)26-13-11-25(12-14-26)21-9-5-6-10-22(21)30-2/h3-10,17H,11-16H2,1-2H3,(H,24,28). The molecule has 7 nitrogen and oxygen atoms in total. The number of urea groups is 1. The van der Waals surface area contributed by atoms with Gasteiger partial charge in [-0.15, -0.1) is 0 Å². The van der Waals surface area contributed by atoms with Crippen molar-refractivity contribution >= 4 is 28.3 Å². The fraction of sp³-hybridized carbons (Fsp3) is 0.348. The molecule has 1 aliphatic rings. The average molecular weight is 409 g/mol. The van der Waals surface area contributed by atoms with E-state index in [1.165, 1.54) is 0 Å². The Bertz CT molecular complexity index is 1010. The molecular formula is C23H28N4O3. The van der Waals surface area contributed by atoms with Gasteiger partial charge in [0.1, 0.15) is 5.75 Å². The van der Waals surface area contributed by atoms with Crippen LogP contribution in [-0.4, -0.2) is 62.5 Å². The van der Waals surface area contributed by atoms with Crippen LogP contribution in [0.3, 0.4) is 0 Å². The first kappa shape index (κ1) is 20.1. The monoisotopic (exact) mass is 408 g/mol. The molecule has 0 bridgehead atoms. The maximum atomic E-state index is 12.9. The van der Waals surface area contributed by atoms with Gasteiger partial charge >= 0.3 is 6.03 Å². The van der Waals surface area contributed by atoms with Gasteiger partial charge in [-0.1, -0.05) is 30.3 Å². The summed E-state index contributed by atoms with van der Waals surface area (Å²) in [5.74, 6) is 0.860. The number of nitrogens with zero attached hydrogens (tertiary/aromatic N) is 3. The Morgan fingerprint density at radius 2 is 1.73 bits per heavy atom. The molecule has 0 spiro atoms. The van der Waals surface area contributed by atoms with Gasteiger partial charge in [0.05, 0.1) is 30.6 Å². The Balaban J connectivity index is 1.43. The van der Waals surface area contributed by atoms with E-state index in [0.29, 0.717) is 19.7 Å². The van der Waals surface area contributed by atoms with Crippen LogP contribution in [0.1, 0.15) is 0 Å². The molecule has 7 heteroatoms. The third-order valence-electron chi connectivity index (χ3n) is 5.56. The molecule has 0 atom stereocenters. The quantitative estimate of drug-likeness (QED) is 0.676. The number of aromatic nitrogens is 1. The minimum Gasteiger partial charge on any atom is -0.495 e. The van der Waals surface area contributed by atoms with Crippen LogP contribution in [0, 0.1) is 0 Å². The van der Waals surface area contributed by atoms with E-state index in [2.05, 4.69) is 26.9 Å². The zero-order chi connectivity index (χ0) is 20.9. The summed E-state index contributed by atoms with van der Waals surface area (Å²) in [6.45, 7) is 4.21. The lowest BCUT2D eigenvalue weighted by atomic mass is 10.2. The highest BCUT2D eigenvalue weighted by Crippen LogP contribution is 2.29. The molecule has 4 rings (SSSR count). The maximum absolute atomic E-state index is 12.9. The third kappa shape index (κ3) is 4.07. The average Bonchev–Trinajstić information content (AvgIpc) is 3.15. The SMILES string of the molecule is COCCn1cc(NC(=O)N2CCN(c3ccccc3OC)CC2)c2ccccc21. The minimum atomic E-state index is -0.0654. The molecule has 0 saturated carbocycles. The summed E-state index contributed by atoms with van der Waals surface area (Å²) in [6.07, 6.45) is 1.99. The van der Waals surface area contributed by atoms with Gasteiger partial charge in [-0.3, -0.25) is 0 Å². The Morgan fingerprint density at radius 1 is 1.00 bits per heavy atom. The van der Waals surface area contributed by atoms with Gasteiger partial charge in [0.25, 0.3) is 0 Å². The third-order valence-corrected chi connectivity index (χ3v) is 5.56. The molecule has 1 saturated heterocycles. The summed E-state index contributed by atoms with van der Waals surface area (Å²) in [5.41, 5.74) is 2.99. The van der Waals surface area contributed by atoms with E-state index in [4.69, 9.17) is 9.47 Å². The van der Waals surface area contributed by atoms with Crippen molar-refractivity contribution in [2.45, 2.75) is 6.54 Å². The molecule has 30 heavy (non-hydrogen) atoms. The number of carbonyl (C=O) groups is 1. The fourth-order valence-corrected chi connectivity index (χ4v) is 3.96. The van der Waals surface area contributed by atoms with Crippen molar-refractivity contribution in [2.24, 2.45) is 0 Å². The van der Waals surface area contributed by atoms with Gasteiger partial charge in [0.2, 0.25) is 0 Å². The van der Waals surface area contributed by atoms with E-state index < -0.39 is 0 Å². The molecule has 2 amide bonds. The first-order valence-electron chi connectivity index (χ1n) is 10.2. The predicted octanol–water partition coefficient (Wildman–Crippen LogP) is 3.65. The van der Waals surface area contributed by atoms with E-state index in [-0.39, 0.29) is 6.03 Å². The fourth-order valence-electron chi connectivity index (χ4n) is 3.96. The first-order chi connectivity index (χ1) is 14.7. The molecule has 3 aromatic rings. The van der Waals surface area contributed by atoms with Gasteiger partial charge < -0.3 is 29.2 Å². The maximum Gasteiger partial charge on any atom is 0.322 e. The van der Waals surface area contributed by atoms with Gasteiger partial charge in [-0.2, -0.15) is 0 Å². The van der Waals surface area contributed by atoms with Crippen LogP contribution in [0.5, 0.6) is 5.75 Å². The smallest absolute Gasteiger partial charge is 0.322 e. The van der Waals surface area contributed by atoms with Gasteiger partial charge in [-0.05, 0) is 18.2 Å². The van der Waals surface area contributed by atoms with E-state index in [0.717, 1.165) is 47.7 Å². The summed E-state index contributed by atoms with van der Waals surface area (Å²) >= 11 is 0. The highest BCUT2D eigenvalue weighted by atomic mass is 16.5. The Morgan fingerprint density at radius 3 is 2.50 bits per heavy atom. The number of hydrogen-bond donors (Lipinski definition) is 1. The highest BCUT2D eigenvalue weighted by molar-refractivity contribution is 6.01. The topological polar surface area (TPSA) is 59.0 Å². The number of benzene rings is 2. The lowest BCUT2D eigenvalue weighted by Gasteiger charge is -2.36. The number of amides is 2. The number of anilines is 2. The summed E-state index contributed by atoms with van der Waals surface area (Å²) in [5, 5.41) is 4.15. The zero-order valence-corrected chi connectivity index (χ0v) is 17.5. The molecular weight excluding hydrogens is 380 g/mol. The largest absolute Gasteiger partial charge is 0.495 e. The van der Waals surface area contributed by atoms with E-state index in [1.54, 1.807) is 14.2 Å². The van der Waals surface area contributed by atoms with Crippen molar-refractivity contribution in [1.82, 2.24) is 9.47 Å². The number of carbonyl (C=O) groups excluding carboxylic acids is 1. The lowest BCUT2D eigenvalue weighted by molar-refractivity contribution is 0.188. The predicted molar refractivity (Wildman–Crippen MR) is 120 cm³/mol. The molecule has 1 fully saturated rings. The van der Waals surface area contributed by atoms with Crippen LogP contribution in [0.25, 0.3) is 10.9 Å². The van der Waals surface area contributed by atoms with Gasteiger partial charge in [0, 0.05) is 51.4 Å². The molecule has 158 valence electrons. The van der Waals surface area contributed by atoms with Crippen LogP contribution in [0.2, 0.25) is 0 Å². The van der Waals surface area contributed by atoms with Gasteiger partial charge in [0.15, 0.2) is 0 Å². The summed E-state index contributed by atoms with van der Waals surface area (Å²) < 4.78 is 12.8. The number of rotatable bonds is 6. The van der Waals surface area contributed by atoms with E-state index >= 15 is 0 Å². The summed E-state index contributed by atoms with van der Waals surface area (Å²) in [4.78, 5) is 17.1. The number of para-hydroxylation sites is 3. The number of nitrogens with one attached hydrogen (secondary N) is 1. The number of piperazine rings is 1. The summed E-state index contributed by atoms with van der Waals surface area (Å²) in [7, 11) is 3.38. The van der Waals surface area contributed by atoms with Crippen molar-refractivity contribution in [3.05, 3.63) is 54.7 Å². The van der Waals surface area contributed by atoms with Crippen molar-refractivity contribution in [1.29, 1.82) is 0 Å². The zero-order valence-electron chi connectivity index (χ0n) is 17.5. The lowest BCUT2D eigenvalue weighted by Crippen LogP contribution is -2.50. The molecule has 0 radical (unpaired) electrons. The highest BCUT2D eigenvalue weighted by Gasteiger charge is 2.23.